The number of nitrogens with one attached hydrogen (secondary N) is 2. The van der Waals surface area contributed by atoms with Crippen LogP contribution in [0.1, 0.15) is 25.8 Å². The first-order valence-electron chi connectivity index (χ1n) is 6.71. The molecule has 19 heavy (non-hydrogen) atoms. The number of methoxy groups -OCH3 is 1. The lowest BCUT2D eigenvalue weighted by Gasteiger charge is -2.16. The van der Waals surface area contributed by atoms with Gasteiger partial charge in [0.25, 0.3) is 0 Å². The number of hydrogen-bond acceptors (Lipinski definition) is 6. The lowest BCUT2D eigenvalue weighted by molar-refractivity contribution is 0.0727. The van der Waals surface area contributed by atoms with Gasteiger partial charge in [-0.25, -0.2) is 9.97 Å². The smallest absolute Gasteiger partial charge is 0.134 e. The van der Waals surface area contributed by atoms with E-state index in [1.807, 2.05) is 6.92 Å². The van der Waals surface area contributed by atoms with Crippen molar-refractivity contribution in [3.05, 3.63) is 11.9 Å². The molecule has 0 bridgehead atoms. The summed E-state index contributed by atoms with van der Waals surface area (Å²) in [6.45, 7) is 5.69. The molecule has 0 aliphatic rings. The van der Waals surface area contributed by atoms with Gasteiger partial charge in [-0.1, -0.05) is 13.3 Å². The minimum Gasteiger partial charge on any atom is -0.389 e. The van der Waals surface area contributed by atoms with Crippen molar-refractivity contribution in [2.75, 3.05) is 37.4 Å². The largest absolute Gasteiger partial charge is 0.389 e. The van der Waals surface area contributed by atoms with Gasteiger partial charge in [-0.3, -0.25) is 0 Å². The Morgan fingerprint density at radius 3 is 2.53 bits per heavy atom. The molecule has 6 heteroatoms. The molecular weight excluding hydrogens is 244 g/mol. The molecule has 0 aliphatic carbocycles. The van der Waals surface area contributed by atoms with Crippen LogP contribution >= 0.6 is 0 Å². The zero-order valence-electron chi connectivity index (χ0n) is 11.9. The van der Waals surface area contributed by atoms with Gasteiger partial charge in [0.15, 0.2) is 0 Å². The lowest BCUT2D eigenvalue weighted by Crippen LogP contribution is -2.25. The summed E-state index contributed by atoms with van der Waals surface area (Å²) in [5.74, 6) is 1.64. The Bertz CT molecular complexity index is 374. The standard InChI is InChI=1S/C13H24N4O2/c1-4-6-11-12(14-5-2)16-9-17-13(11)15-7-10(18)8-19-3/h9-10,18H,4-8H2,1-3H3,(H2,14,15,16,17). The third-order valence-corrected chi connectivity index (χ3v) is 2.65. The molecule has 0 saturated carbocycles. The second kappa shape index (κ2) is 8.66. The number of aromatic nitrogens is 2. The molecule has 0 aliphatic heterocycles. The highest BCUT2D eigenvalue weighted by atomic mass is 16.5. The van der Waals surface area contributed by atoms with Crippen LogP contribution in [0.2, 0.25) is 0 Å². The first-order valence-corrected chi connectivity index (χ1v) is 6.71. The Kier molecular flexibility index (Phi) is 7.14. The van der Waals surface area contributed by atoms with Crippen molar-refractivity contribution in [3.63, 3.8) is 0 Å². The second-order valence-corrected chi connectivity index (χ2v) is 4.32. The molecule has 1 atom stereocenters. The van der Waals surface area contributed by atoms with E-state index in [2.05, 4.69) is 27.5 Å². The molecule has 0 saturated heterocycles. The van der Waals surface area contributed by atoms with E-state index in [1.165, 1.54) is 6.33 Å². The maximum absolute atomic E-state index is 9.66. The summed E-state index contributed by atoms with van der Waals surface area (Å²) in [4.78, 5) is 8.52. The average molecular weight is 268 g/mol. The molecule has 0 amide bonds. The van der Waals surface area contributed by atoms with Gasteiger partial charge in [-0.2, -0.15) is 0 Å². The fourth-order valence-electron chi connectivity index (χ4n) is 1.84. The molecule has 0 fully saturated rings. The van der Waals surface area contributed by atoms with Crippen LogP contribution in [0, 0.1) is 0 Å². The van der Waals surface area contributed by atoms with Crippen LogP contribution in [0.3, 0.4) is 0 Å². The van der Waals surface area contributed by atoms with Crippen molar-refractivity contribution in [2.45, 2.75) is 32.8 Å². The van der Waals surface area contributed by atoms with Crippen LogP contribution < -0.4 is 10.6 Å². The van der Waals surface area contributed by atoms with Gasteiger partial charge < -0.3 is 20.5 Å². The van der Waals surface area contributed by atoms with E-state index < -0.39 is 6.10 Å². The van der Waals surface area contributed by atoms with E-state index in [0.29, 0.717) is 13.2 Å². The zero-order chi connectivity index (χ0) is 14.1. The van der Waals surface area contributed by atoms with Crippen LogP contribution in [-0.2, 0) is 11.2 Å². The van der Waals surface area contributed by atoms with Crippen molar-refractivity contribution < 1.29 is 9.84 Å². The van der Waals surface area contributed by atoms with Gasteiger partial charge in [-0.15, -0.1) is 0 Å². The average Bonchev–Trinajstić information content (AvgIpc) is 2.40. The maximum Gasteiger partial charge on any atom is 0.134 e. The van der Waals surface area contributed by atoms with Crippen molar-refractivity contribution in [2.24, 2.45) is 0 Å². The normalized spacial score (nSPS) is 12.2. The highest BCUT2D eigenvalue weighted by Gasteiger charge is 2.11. The Labute approximate surface area is 114 Å². The molecule has 6 nitrogen and oxygen atoms in total. The number of rotatable bonds is 9. The lowest BCUT2D eigenvalue weighted by atomic mass is 10.1. The monoisotopic (exact) mass is 268 g/mol. The van der Waals surface area contributed by atoms with Crippen molar-refractivity contribution in [1.29, 1.82) is 0 Å². The van der Waals surface area contributed by atoms with Crippen LogP contribution in [-0.4, -0.2) is 48.0 Å². The van der Waals surface area contributed by atoms with E-state index in [9.17, 15) is 5.11 Å². The molecular formula is C13H24N4O2. The van der Waals surface area contributed by atoms with Crippen molar-refractivity contribution in [1.82, 2.24) is 9.97 Å². The van der Waals surface area contributed by atoms with Gasteiger partial charge in [0, 0.05) is 25.8 Å². The first kappa shape index (κ1) is 15.7. The molecule has 1 aromatic rings. The van der Waals surface area contributed by atoms with Crippen LogP contribution in [0.25, 0.3) is 0 Å². The van der Waals surface area contributed by atoms with E-state index in [1.54, 1.807) is 7.11 Å². The first-order chi connectivity index (χ1) is 9.22. The molecule has 0 aromatic carbocycles. The fourth-order valence-corrected chi connectivity index (χ4v) is 1.84. The van der Waals surface area contributed by atoms with Gasteiger partial charge >= 0.3 is 0 Å². The third-order valence-electron chi connectivity index (χ3n) is 2.65. The predicted molar refractivity (Wildman–Crippen MR) is 76.6 cm³/mol. The molecule has 1 heterocycles. The van der Waals surface area contributed by atoms with Crippen LogP contribution in [0.5, 0.6) is 0 Å². The Morgan fingerprint density at radius 1 is 1.26 bits per heavy atom. The van der Waals surface area contributed by atoms with Gasteiger partial charge in [0.05, 0.1) is 12.7 Å². The molecule has 3 N–H and O–H groups in total. The Balaban J connectivity index is 2.77. The molecule has 1 aromatic heterocycles. The molecule has 0 spiro atoms. The Hall–Kier alpha value is -1.40. The number of nitrogens with zero attached hydrogens (tertiary/aromatic N) is 2. The zero-order valence-corrected chi connectivity index (χ0v) is 11.9. The summed E-state index contributed by atoms with van der Waals surface area (Å²) in [6, 6.07) is 0. The minimum atomic E-state index is -0.544. The van der Waals surface area contributed by atoms with E-state index >= 15 is 0 Å². The highest BCUT2D eigenvalue weighted by molar-refractivity contribution is 5.57. The summed E-state index contributed by atoms with van der Waals surface area (Å²) < 4.78 is 4.90. The third kappa shape index (κ3) is 5.00. The van der Waals surface area contributed by atoms with Gasteiger partial charge in [-0.05, 0) is 13.3 Å². The number of anilines is 2. The quantitative estimate of drug-likeness (QED) is 0.626. The summed E-state index contributed by atoms with van der Waals surface area (Å²) in [5, 5.41) is 16.1. The molecule has 0 radical (unpaired) electrons. The SMILES string of the molecule is CCCc1c(NCC)ncnc1NCC(O)COC. The Morgan fingerprint density at radius 2 is 1.95 bits per heavy atom. The van der Waals surface area contributed by atoms with Gasteiger partial charge in [0.1, 0.15) is 18.0 Å². The van der Waals surface area contributed by atoms with E-state index in [0.717, 1.165) is 36.6 Å². The highest BCUT2D eigenvalue weighted by Crippen LogP contribution is 2.21. The number of aliphatic hydroxyl groups excluding tert-OH is 1. The van der Waals surface area contributed by atoms with Crippen LogP contribution in [0.4, 0.5) is 11.6 Å². The maximum atomic E-state index is 9.66. The minimum absolute atomic E-state index is 0.307. The molecule has 1 unspecified atom stereocenters. The molecule has 108 valence electrons. The predicted octanol–water partition coefficient (Wildman–Crippen LogP) is 1.28. The van der Waals surface area contributed by atoms with Crippen molar-refractivity contribution >= 4 is 11.6 Å². The van der Waals surface area contributed by atoms with E-state index in [-0.39, 0.29) is 0 Å². The summed E-state index contributed by atoms with van der Waals surface area (Å²) in [6.07, 6.45) is 2.90. The van der Waals surface area contributed by atoms with Gasteiger partial charge in [0.2, 0.25) is 0 Å². The molecule has 1 rings (SSSR count). The number of hydrogen-bond donors (Lipinski definition) is 3. The summed E-state index contributed by atoms with van der Waals surface area (Å²) in [5.41, 5.74) is 1.07. The fraction of sp³-hybridized carbons (Fsp3) is 0.692. The number of ether oxygens (including phenoxy) is 1. The summed E-state index contributed by atoms with van der Waals surface area (Å²) >= 11 is 0. The van der Waals surface area contributed by atoms with E-state index in [4.69, 9.17) is 4.74 Å². The second-order valence-electron chi connectivity index (χ2n) is 4.32. The topological polar surface area (TPSA) is 79.3 Å². The van der Waals surface area contributed by atoms with Crippen LogP contribution in [0.15, 0.2) is 6.33 Å². The van der Waals surface area contributed by atoms with Crippen molar-refractivity contribution in [3.8, 4) is 0 Å². The summed E-state index contributed by atoms with van der Waals surface area (Å²) in [7, 11) is 1.57. The number of aliphatic hydroxyl groups is 1.